The Balaban J connectivity index is 1.89. The molecule has 0 aliphatic heterocycles. The maximum atomic E-state index is 12.9. The summed E-state index contributed by atoms with van der Waals surface area (Å²) in [6.45, 7) is 4.14. The van der Waals surface area contributed by atoms with Gasteiger partial charge in [-0.15, -0.1) is 21.5 Å². The van der Waals surface area contributed by atoms with Crippen LogP contribution in [-0.2, 0) is 12.8 Å². The largest absolute Gasteiger partial charge is 0.288 e. The Hall–Kier alpha value is -2.09. The van der Waals surface area contributed by atoms with Crippen LogP contribution in [-0.4, -0.2) is 30.2 Å². The van der Waals surface area contributed by atoms with Crippen molar-refractivity contribution in [2.45, 2.75) is 39.2 Å². The van der Waals surface area contributed by atoms with Crippen molar-refractivity contribution in [2.75, 3.05) is 0 Å². The van der Waals surface area contributed by atoms with Crippen molar-refractivity contribution in [2.24, 2.45) is 5.92 Å². The number of hydrogen-bond acceptors (Lipinski definition) is 6. The molecule has 1 aliphatic carbocycles. The van der Waals surface area contributed by atoms with E-state index in [1.807, 2.05) is 6.92 Å². The number of aromatic nitrogens is 6. The molecule has 0 bridgehead atoms. The van der Waals surface area contributed by atoms with E-state index in [2.05, 4.69) is 32.5 Å². The average molecular weight is 316 g/mol. The first-order valence-corrected chi connectivity index (χ1v) is 8.21. The second-order valence-corrected chi connectivity index (χ2v) is 7.02. The van der Waals surface area contributed by atoms with Crippen LogP contribution in [0.15, 0.2) is 11.1 Å². The summed E-state index contributed by atoms with van der Waals surface area (Å²) in [4.78, 5) is 19.6. The van der Waals surface area contributed by atoms with Gasteiger partial charge in [-0.1, -0.05) is 12.1 Å². The van der Waals surface area contributed by atoms with Gasteiger partial charge in [-0.2, -0.15) is 5.21 Å². The first-order chi connectivity index (χ1) is 10.6. The van der Waals surface area contributed by atoms with Crippen molar-refractivity contribution in [3.05, 3.63) is 32.9 Å². The molecule has 3 heterocycles. The minimum Gasteiger partial charge on any atom is -0.288 e. The van der Waals surface area contributed by atoms with E-state index in [-0.39, 0.29) is 11.6 Å². The van der Waals surface area contributed by atoms with Crippen molar-refractivity contribution in [3.63, 3.8) is 0 Å². The second-order valence-electron chi connectivity index (χ2n) is 5.93. The summed E-state index contributed by atoms with van der Waals surface area (Å²) in [5, 5.41) is 14.7. The number of nitrogens with one attached hydrogen (secondary N) is 1. The minimum atomic E-state index is -0.291. The fourth-order valence-electron chi connectivity index (χ4n) is 3.09. The summed E-state index contributed by atoms with van der Waals surface area (Å²) < 4.78 is 1.60. The van der Waals surface area contributed by atoms with Crippen LogP contribution in [0.3, 0.4) is 0 Å². The fourth-order valence-corrected chi connectivity index (χ4v) is 4.43. The second kappa shape index (κ2) is 4.98. The molecule has 2 atom stereocenters. The summed E-state index contributed by atoms with van der Waals surface area (Å²) in [6, 6.07) is -0.291. The molecule has 1 N–H and O–H groups in total. The first kappa shape index (κ1) is 13.6. The highest BCUT2D eigenvalue weighted by molar-refractivity contribution is 7.18. The Morgan fingerprint density at radius 3 is 3.14 bits per heavy atom. The number of fused-ring (bicyclic) bond motifs is 3. The van der Waals surface area contributed by atoms with Crippen LogP contribution in [0.5, 0.6) is 0 Å². The molecule has 4 rings (SSSR count). The molecule has 0 radical (unpaired) electrons. The standard InChI is InChI=1S/C14H16N6OS/c1-7-3-4-9-10(5-7)22-13-11(9)14(21)20(6-15-13)8(2)12-16-18-19-17-12/h6-8H,3-5H2,1-2H3,(H,16,17,18,19). The monoisotopic (exact) mass is 316 g/mol. The third-order valence-corrected chi connectivity index (χ3v) is 5.56. The van der Waals surface area contributed by atoms with Crippen LogP contribution in [0.25, 0.3) is 10.2 Å². The molecule has 0 amide bonds. The lowest BCUT2D eigenvalue weighted by atomic mass is 9.89. The van der Waals surface area contributed by atoms with E-state index in [9.17, 15) is 4.79 Å². The predicted octanol–water partition coefficient (Wildman–Crippen LogP) is 1.71. The summed E-state index contributed by atoms with van der Waals surface area (Å²) in [6.07, 6.45) is 4.74. The van der Waals surface area contributed by atoms with E-state index >= 15 is 0 Å². The number of aryl methyl sites for hydroxylation is 1. The molecule has 3 aromatic heterocycles. The van der Waals surface area contributed by atoms with Crippen LogP contribution in [0, 0.1) is 5.92 Å². The maximum Gasteiger partial charge on any atom is 0.263 e. The Bertz CT molecular complexity index is 881. The zero-order chi connectivity index (χ0) is 15.3. The van der Waals surface area contributed by atoms with Crippen LogP contribution >= 0.6 is 11.3 Å². The van der Waals surface area contributed by atoms with Crippen LogP contribution in [0.4, 0.5) is 0 Å². The molecule has 1 aliphatic rings. The van der Waals surface area contributed by atoms with E-state index in [0.29, 0.717) is 11.7 Å². The van der Waals surface area contributed by atoms with Crippen molar-refractivity contribution < 1.29 is 0 Å². The van der Waals surface area contributed by atoms with Gasteiger partial charge in [0.1, 0.15) is 4.83 Å². The number of aromatic amines is 1. The minimum absolute atomic E-state index is 0.00523. The number of tetrazole rings is 1. The number of hydrogen-bond donors (Lipinski definition) is 1. The molecule has 0 aromatic carbocycles. The van der Waals surface area contributed by atoms with Crippen molar-refractivity contribution in [1.82, 2.24) is 30.2 Å². The molecular formula is C14H16N6OS. The summed E-state index contributed by atoms with van der Waals surface area (Å²) >= 11 is 1.66. The van der Waals surface area contributed by atoms with Gasteiger partial charge in [-0.25, -0.2) is 4.98 Å². The normalized spacial score (nSPS) is 19.3. The summed E-state index contributed by atoms with van der Waals surface area (Å²) in [5.41, 5.74) is 1.19. The van der Waals surface area contributed by atoms with Gasteiger partial charge in [-0.05, 0) is 37.7 Å². The third kappa shape index (κ3) is 1.98. The molecule has 0 spiro atoms. The molecule has 7 nitrogen and oxygen atoms in total. The highest BCUT2D eigenvalue weighted by Gasteiger charge is 2.24. The summed E-state index contributed by atoms with van der Waals surface area (Å²) in [5.74, 6) is 1.17. The smallest absolute Gasteiger partial charge is 0.263 e. The van der Waals surface area contributed by atoms with Crippen molar-refractivity contribution >= 4 is 21.6 Å². The highest BCUT2D eigenvalue weighted by Crippen LogP contribution is 2.35. The Labute approximate surface area is 130 Å². The average Bonchev–Trinajstić information content (AvgIpc) is 3.13. The molecule has 0 saturated carbocycles. The van der Waals surface area contributed by atoms with E-state index < -0.39 is 0 Å². The van der Waals surface area contributed by atoms with E-state index in [0.717, 1.165) is 29.5 Å². The van der Waals surface area contributed by atoms with Gasteiger partial charge in [-0.3, -0.25) is 9.36 Å². The van der Waals surface area contributed by atoms with Crippen molar-refractivity contribution in [1.29, 1.82) is 0 Å². The summed E-state index contributed by atoms with van der Waals surface area (Å²) in [7, 11) is 0. The molecule has 0 saturated heterocycles. The zero-order valence-corrected chi connectivity index (χ0v) is 13.2. The quantitative estimate of drug-likeness (QED) is 0.777. The Morgan fingerprint density at radius 2 is 2.36 bits per heavy atom. The molecule has 22 heavy (non-hydrogen) atoms. The lowest BCUT2D eigenvalue weighted by Gasteiger charge is -2.17. The lowest BCUT2D eigenvalue weighted by Crippen LogP contribution is -2.25. The van der Waals surface area contributed by atoms with Gasteiger partial charge in [0, 0.05) is 4.88 Å². The number of nitrogens with zero attached hydrogens (tertiary/aromatic N) is 5. The van der Waals surface area contributed by atoms with Crippen LogP contribution < -0.4 is 5.56 Å². The predicted molar refractivity (Wildman–Crippen MR) is 83.1 cm³/mol. The van der Waals surface area contributed by atoms with Gasteiger partial charge in [0.05, 0.1) is 17.8 Å². The number of thiophene rings is 1. The molecule has 3 aromatic rings. The topological polar surface area (TPSA) is 89.3 Å². The first-order valence-electron chi connectivity index (χ1n) is 7.40. The molecular weight excluding hydrogens is 300 g/mol. The molecule has 114 valence electrons. The van der Waals surface area contributed by atoms with Gasteiger partial charge in [0.15, 0.2) is 5.82 Å². The Kier molecular flexibility index (Phi) is 3.07. The highest BCUT2D eigenvalue weighted by atomic mass is 32.1. The van der Waals surface area contributed by atoms with Gasteiger partial charge < -0.3 is 0 Å². The van der Waals surface area contributed by atoms with Crippen LogP contribution in [0.2, 0.25) is 0 Å². The molecule has 8 heteroatoms. The zero-order valence-electron chi connectivity index (χ0n) is 12.4. The van der Waals surface area contributed by atoms with Gasteiger partial charge in [0.25, 0.3) is 5.56 Å². The van der Waals surface area contributed by atoms with E-state index in [4.69, 9.17) is 0 Å². The number of H-pyrrole nitrogens is 1. The van der Waals surface area contributed by atoms with Gasteiger partial charge >= 0.3 is 0 Å². The maximum absolute atomic E-state index is 12.9. The lowest BCUT2D eigenvalue weighted by molar-refractivity contribution is 0.508. The molecule has 2 unspecified atom stereocenters. The SMILES string of the molecule is CC1CCc2c(sc3ncn(C(C)c4nn[nH]n4)c(=O)c23)C1. The van der Waals surface area contributed by atoms with E-state index in [1.54, 1.807) is 22.2 Å². The van der Waals surface area contributed by atoms with E-state index in [1.165, 1.54) is 10.4 Å². The Morgan fingerprint density at radius 1 is 1.50 bits per heavy atom. The fraction of sp³-hybridized carbons (Fsp3) is 0.500. The molecule has 0 fully saturated rings. The van der Waals surface area contributed by atoms with Crippen molar-refractivity contribution in [3.8, 4) is 0 Å². The van der Waals surface area contributed by atoms with Crippen LogP contribution in [0.1, 0.15) is 42.6 Å². The number of rotatable bonds is 2. The van der Waals surface area contributed by atoms with Gasteiger partial charge in [0.2, 0.25) is 0 Å². The third-order valence-electron chi connectivity index (χ3n) is 4.39.